The number of carbonyl (C=O) groups is 3. The molecule has 3 aliphatic heterocycles. The largest absolute Gasteiger partial charge is 0.381 e. The third-order valence-electron chi connectivity index (χ3n) is 10.8. The van der Waals surface area contributed by atoms with Crippen LogP contribution in [0.1, 0.15) is 62.9 Å². The standard InChI is InChI=1S/C41H52F3N7O5/c1-27(21-46-36(52)10-6-3-7-17-50-37(53)13-14-38(50)54)47-41(55)51(25-30-22-45-23-34(30)44)39(29-15-18-56-19-16-29)40-48-35(32-20-31(42)11-12-33(32)43)26-49(40)24-28-8-4-2-5-9-28/h2,4-5,8-9,11-14,20,26-27,29-30,34,37,39,45,53H,3,6-7,10,15-19,21-25H2,1H3,(H,46,52)(H,47,55). The number of aliphatic hydroxyl groups is 1. The molecule has 0 spiro atoms. The third-order valence-corrected chi connectivity index (χ3v) is 10.8. The summed E-state index contributed by atoms with van der Waals surface area (Å²) in [6, 6.07) is 11.2. The molecule has 4 N–H and O–H groups in total. The average molecular weight is 780 g/mol. The molecular weight excluding hydrogens is 727 g/mol. The number of carbonyl (C=O) groups excluding carboxylic acids is 3. The van der Waals surface area contributed by atoms with E-state index in [1.165, 1.54) is 17.1 Å². The Morgan fingerprint density at radius 1 is 1.09 bits per heavy atom. The predicted octanol–water partition coefficient (Wildman–Crippen LogP) is 4.70. The van der Waals surface area contributed by atoms with Gasteiger partial charge >= 0.3 is 6.03 Å². The smallest absolute Gasteiger partial charge is 0.318 e. The molecule has 56 heavy (non-hydrogen) atoms. The number of hydrogen-bond acceptors (Lipinski definition) is 7. The summed E-state index contributed by atoms with van der Waals surface area (Å²) in [5.41, 5.74) is 1.14. The molecular formula is C41H52F3N7O5. The monoisotopic (exact) mass is 779 g/mol. The van der Waals surface area contributed by atoms with E-state index in [2.05, 4.69) is 16.0 Å². The van der Waals surface area contributed by atoms with Gasteiger partial charge in [-0.1, -0.05) is 36.8 Å². The van der Waals surface area contributed by atoms with Crippen LogP contribution < -0.4 is 16.0 Å². The Balaban J connectivity index is 1.21. The topological polar surface area (TPSA) is 141 Å². The number of aliphatic hydroxyl groups excluding tert-OH is 1. The normalized spacial score (nSPS) is 21.0. The quantitative estimate of drug-likeness (QED) is 0.146. The van der Waals surface area contributed by atoms with E-state index in [9.17, 15) is 23.9 Å². The molecule has 1 aromatic heterocycles. The molecule has 3 aliphatic rings. The lowest BCUT2D eigenvalue weighted by atomic mass is 9.89. The number of ether oxygens (including phenoxy) is 1. The number of halogens is 3. The lowest BCUT2D eigenvalue weighted by Crippen LogP contribution is -2.52. The maximum absolute atomic E-state index is 15.3. The van der Waals surface area contributed by atoms with Crippen LogP contribution in [0.5, 0.6) is 0 Å². The second-order valence-electron chi connectivity index (χ2n) is 15.0. The van der Waals surface area contributed by atoms with Crippen LogP contribution in [0.4, 0.5) is 18.0 Å². The highest BCUT2D eigenvalue weighted by Crippen LogP contribution is 2.38. The van der Waals surface area contributed by atoms with Crippen LogP contribution in [0.2, 0.25) is 0 Å². The van der Waals surface area contributed by atoms with E-state index in [1.54, 1.807) is 18.0 Å². The van der Waals surface area contributed by atoms with Gasteiger partial charge in [-0.25, -0.2) is 22.9 Å². The van der Waals surface area contributed by atoms with Gasteiger partial charge in [-0.15, -0.1) is 0 Å². The Bertz CT molecular complexity index is 1820. The summed E-state index contributed by atoms with van der Waals surface area (Å²) in [6.45, 7) is 4.20. The maximum Gasteiger partial charge on any atom is 0.318 e. The van der Waals surface area contributed by atoms with Crippen molar-refractivity contribution >= 4 is 17.8 Å². The van der Waals surface area contributed by atoms with Gasteiger partial charge in [0.15, 0.2) is 0 Å². The van der Waals surface area contributed by atoms with Crippen LogP contribution in [0, 0.1) is 23.5 Å². The summed E-state index contributed by atoms with van der Waals surface area (Å²) < 4.78 is 52.6. The molecule has 0 radical (unpaired) electrons. The highest BCUT2D eigenvalue weighted by atomic mass is 19.1. The van der Waals surface area contributed by atoms with E-state index < -0.39 is 48.1 Å². The van der Waals surface area contributed by atoms with E-state index in [0.29, 0.717) is 70.8 Å². The fraction of sp³-hybridized carbons (Fsp3) is 0.512. The number of amides is 4. The average Bonchev–Trinajstić information content (AvgIpc) is 3.89. The first kappa shape index (κ1) is 40.9. The number of urea groups is 1. The number of nitrogens with one attached hydrogen (secondary N) is 3. The Hall–Kier alpha value is -4.73. The molecule has 5 atom stereocenters. The molecule has 302 valence electrons. The van der Waals surface area contributed by atoms with Crippen molar-refractivity contribution in [1.82, 2.24) is 35.3 Å². The van der Waals surface area contributed by atoms with Gasteiger partial charge in [-0.3, -0.25) is 9.59 Å². The molecule has 5 unspecified atom stereocenters. The van der Waals surface area contributed by atoms with Crippen molar-refractivity contribution in [3.05, 3.63) is 89.9 Å². The molecule has 2 fully saturated rings. The molecule has 6 rings (SSSR count). The second kappa shape index (κ2) is 19.4. The Kier molecular flexibility index (Phi) is 14.2. The van der Waals surface area contributed by atoms with Gasteiger partial charge in [0, 0.05) is 88.7 Å². The van der Waals surface area contributed by atoms with Crippen LogP contribution in [-0.4, -0.2) is 107 Å². The van der Waals surface area contributed by atoms with Gasteiger partial charge < -0.3 is 40.2 Å². The van der Waals surface area contributed by atoms with E-state index in [4.69, 9.17) is 9.72 Å². The van der Waals surface area contributed by atoms with Crippen molar-refractivity contribution in [3.63, 3.8) is 0 Å². The van der Waals surface area contributed by atoms with Crippen LogP contribution in [0.3, 0.4) is 0 Å². The van der Waals surface area contributed by atoms with E-state index in [0.717, 1.165) is 23.8 Å². The van der Waals surface area contributed by atoms with Crippen LogP contribution in [0.15, 0.2) is 66.9 Å². The first-order chi connectivity index (χ1) is 27.1. The fourth-order valence-corrected chi connectivity index (χ4v) is 7.67. The number of rotatable bonds is 17. The number of benzene rings is 2. The Morgan fingerprint density at radius 3 is 2.59 bits per heavy atom. The second-order valence-corrected chi connectivity index (χ2v) is 15.0. The van der Waals surface area contributed by atoms with Gasteiger partial charge in [0.05, 0.1) is 11.7 Å². The van der Waals surface area contributed by atoms with Gasteiger partial charge in [-0.05, 0) is 68.4 Å². The zero-order chi connectivity index (χ0) is 39.6. The lowest BCUT2D eigenvalue weighted by Gasteiger charge is -2.40. The minimum absolute atomic E-state index is 0.00855. The Morgan fingerprint density at radius 2 is 1.88 bits per heavy atom. The van der Waals surface area contributed by atoms with Crippen molar-refractivity contribution in [2.75, 3.05) is 45.9 Å². The molecule has 3 aromatic rings. The van der Waals surface area contributed by atoms with Gasteiger partial charge in [0.25, 0.3) is 0 Å². The molecule has 2 saturated heterocycles. The van der Waals surface area contributed by atoms with Crippen LogP contribution >= 0.6 is 0 Å². The van der Waals surface area contributed by atoms with Gasteiger partial charge in [0.2, 0.25) is 11.8 Å². The molecule has 2 aromatic carbocycles. The lowest BCUT2D eigenvalue weighted by molar-refractivity contribution is -0.131. The van der Waals surface area contributed by atoms with Gasteiger partial charge in [-0.2, -0.15) is 0 Å². The molecule has 15 heteroatoms. The molecule has 0 saturated carbocycles. The van der Waals surface area contributed by atoms with Crippen LogP contribution in [-0.2, 0) is 20.9 Å². The van der Waals surface area contributed by atoms with E-state index in [-0.39, 0.29) is 55.0 Å². The van der Waals surface area contributed by atoms with Crippen molar-refractivity contribution in [1.29, 1.82) is 0 Å². The SMILES string of the molecule is CC(CNC(=O)CCCCCN1C(=O)C=CC1O)NC(=O)N(CC1CNCC1F)C(c1nc(-c2cc(F)ccc2F)cn1Cc1ccccc1)C1CCOCC1. The minimum atomic E-state index is -1.18. The maximum atomic E-state index is 15.3. The fourth-order valence-electron chi connectivity index (χ4n) is 7.67. The summed E-state index contributed by atoms with van der Waals surface area (Å²) in [5, 5.41) is 18.9. The highest BCUT2D eigenvalue weighted by Gasteiger charge is 2.40. The molecule has 4 heterocycles. The van der Waals surface area contributed by atoms with Crippen molar-refractivity contribution in [2.45, 2.75) is 76.5 Å². The van der Waals surface area contributed by atoms with Crippen molar-refractivity contribution < 1.29 is 37.4 Å². The number of alkyl halides is 1. The summed E-state index contributed by atoms with van der Waals surface area (Å²) in [6.07, 6.45) is 5.76. The predicted molar refractivity (Wildman–Crippen MR) is 204 cm³/mol. The number of hydrogen-bond donors (Lipinski definition) is 4. The Labute approximate surface area is 325 Å². The van der Waals surface area contributed by atoms with E-state index >= 15 is 8.78 Å². The zero-order valence-electron chi connectivity index (χ0n) is 31.7. The van der Waals surface area contributed by atoms with Crippen molar-refractivity contribution in [2.24, 2.45) is 11.8 Å². The van der Waals surface area contributed by atoms with Crippen LogP contribution in [0.25, 0.3) is 11.3 Å². The molecule has 0 bridgehead atoms. The molecule has 12 nitrogen and oxygen atoms in total. The van der Waals surface area contributed by atoms with Gasteiger partial charge in [0.1, 0.15) is 29.9 Å². The molecule has 4 amide bonds. The number of aromatic nitrogens is 2. The summed E-state index contributed by atoms with van der Waals surface area (Å²) in [5.74, 6) is -1.84. The first-order valence-corrected chi connectivity index (χ1v) is 19.6. The first-order valence-electron chi connectivity index (χ1n) is 19.6. The third kappa shape index (κ3) is 10.6. The summed E-state index contributed by atoms with van der Waals surface area (Å²) in [7, 11) is 0. The van der Waals surface area contributed by atoms with Crippen molar-refractivity contribution in [3.8, 4) is 11.3 Å². The summed E-state index contributed by atoms with van der Waals surface area (Å²) in [4.78, 5) is 47.0. The number of imidazole rings is 1. The molecule has 0 aliphatic carbocycles. The highest BCUT2D eigenvalue weighted by molar-refractivity contribution is 5.90. The zero-order valence-corrected chi connectivity index (χ0v) is 31.7. The minimum Gasteiger partial charge on any atom is -0.381 e. The van der Waals surface area contributed by atoms with E-state index in [1.807, 2.05) is 34.9 Å². The number of nitrogens with zero attached hydrogens (tertiary/aromatic N) is 4. The summed E-state index contributed by atoms with van der Waals surface area (Å²) >= 11 is 0. The number of unbranched alkanes of at least 4 members (excludes halogenated alkanes) is 2.